The first-order chi connectivity index (χ1) is 11.2. The zero-order chi connectivity index (χ0) is 16.2. The monoisotopic (exact) mass is 316 g/mol. The van der Waals surface area contributed by atoms with Gasteiger partial charge in [-0.05, 0) is 38.3 Å². The summed E-state index contributed by atoms with van der Waals surface area (Å²) in [5.74, 6) is 0.927. The molecule has 0 bridgehead atoms. The first-order valence-electron chi connectivity index (χ1n) is 7.74. The van der Waals surface area contributed by atoms with Gasteiger partial charge in [0.25, 0.3) is 5.91 Å². The number of hydrogen-bond donors (Lipinski definition) is 0. The Balaban J connectivity index is 1.82. The number of aryl methyl sites for hydroxylation is 1. The highest BCUT2D eigenvalue weighted by Crippen LogP contribution is 2.31. The Morgan fingerprint density at radius 2 is 2.30 bits per heavy atom. The van der Waals surface area contributed by atoms with Crippen molar-refractivity contribution in [3.63, 3.8) is 0 Å². The number of likely N-dealkylation sites (tertiary alicyclic amines) is 1. The second-order valence-corrected chi connectivity index (χ2v) is 5.68. The predicted molar refractivity (Wildman–Crippen MR) is 81.6 cm³/mol. The standard InChI is InChI=1S/C16H20N4O3/c1-11-6-7-12(9-17-11)16(21)20-8-4-3-5-13(20)15-18-14(10-22-2)19-23-15/h6-7,9,13H,3-5,8,10H2,1-2H3. The third-order valence-corrected chi connectivity index (χ3v) is 3.96. The van der Waals surface area contributed by atoms with E-state index >= 15 is 0 Å². The average molecular weight is 316 g/mol. The molecule has 1 saturated heterocycles. The van der Waals surface area contributed by atoms with E-state index in [2.05, 4.69) is 15.1 Å². The van der Waals surface area contributed by atoms with Crippen LogP contribution in [0.15, 0.2) is 22.9 Å². The third-order valence-electron chi connectivity index (χ3n) is 3.96. The smallest absolute Gasteiger partial charge is 0.256 e. The Kier molecular flexibility index (Phi) is 4.66. The average Bonchev–Trinajstić information content (AvgIpc) is 3.04. The lowest BCUT2D eigenvalue weighted by Crippen LogP contribution is -2.38. The summed E-state index contributed by atoms with van der Waals surface area (Å²) in [7, 11) is 1.58. The first-order valence-corrected chi connectivity index (χ1v) is 7.74. The summed E-state index contributed by atoms with van der Waals surface area (Å²) in [5.41, 5.74) is 1.47. The molecule has 1 aliphatic rings. The molecule has 0 spiro atoms. The molecule has 23 heavy (non-hydrogen) atoms. The summed E-state index contributed by atoms with van der Waals surface area (Å²) in [4.78, 5) is 23.2. The molecule has 0 N–H and O–H groups in total. The molecule has 1 aliphatic heterocycles. The van der Waals surface area contributed by atoms with Crippen molar-refractivity contribution < 1.29 is 14.1 Å². The van der Waals surface area contributed by atoms with Crippen LogP contribution < -0.4 is 0 Å². The van der Waals surface area contributed by atoms with Crippen molar-refractivity contribution in [2.45, 2.75) is 38.8 Å². The van der Waals surface area contributed by atoms with Crippen LogP contribution >= 0.6 is 0 Å². The Morgan fingerprint density at radius 3 is 3.04 bits per heavy atom. The summed E-state index contributed by atoms with van der Waals surface area (Å²) in [5, 5.41) is 3.90. The van der Waals surface area contributed by atoms with Crippen LogP contribution in [0.3, 0.4) is 0 Å². The summed E-state index contributed by atoms with van der Waals surface area (Å²) < 4.78 is 10.4. The normalized spacial score (nSPS) is 18.2. The lowest BCUT2D eigenvalue weighted by atomic mass is 10.0. The van der Waals surface area contributed by atoms with Gasteiger partial charge in [-0.3, -0.25) is 9.78 Å². The molecular weight excluding hydrogens is 296 g/mol. The number of amides is 1. The molecule has 0 radical (unpaired) electrons. The van der Waals surface area contributed by atoms with Gasteiger partial charge in [0.05, 0.1) is 5.56 Å². The number of methoxy groups -OCH3 is 1. The second-order valence-electron chi connectivity index (χ2n) is 5.68. The number of piperidine rings is 1. The van der Waals surface area contributed by atoms with E-state index in [1.54, 1.807) is 24.3 Å². The van der Waals surface area contributed by atoms with E-state index in [0.29, 0.717) is 30.4 Å². The van der Waals surface area contributed by atoms with Gasteiger partial charge in [0.2, 0.25) is 5.89 Å². The first kappa shape index (κ1) is 15.6. The summed E-state index contributed by atoms with van der Waals surface area (Å²) in [6.07, 6.45) is 4.44. The van der Waals surface area contributed by atoms with Crippen LogP contribution in [-0.2, 0) is 11.3 Å². The van der Waals surface area contributed by atoms with Gasteiger partial charge in [-0.25, -0.2) is 0 Å². The number of aromatic nitrogens is 3. The van der Waals surface area contributed by atoms with Gasteiger partial charge in [-0.15, -0.1) is 0 Å². The molecule has 7 nitrogen and oxygen atoms in total. The van der Waals surface area contributed by atoms with Crippen LogP contribution in [0.2, 0.25) is 0 Å². The molecule has 0 aromatic carbocycles. The molecule has 2 aromatic rings. The zero-order valence-electron chi connectivity index (χ0n) is 13.4. The quantitative estimate of drug-likeness (QED) is 0.861. The maximum Gasteiger partial charge on any atom is 0.256 e. The summed E-state index contributed by atoms with van der Waals surface area (Å²) in [6, 6.07) is 3.46. The van der Waals surface area contributed by atoms with E-state index < -0.39 is 0 Å². The number of carbonyl (C=O) groups is 1. The molecule has 3 rings (SSSR count). The molecular formula is C16H20N4O3. The van der Waals surface area contributed by atoms with Gasteiger partial charge >= 0.3 is 0 Å². The minimum atomic E-state index is -0.185. The van der Waals surface area contributed by atoms with E-state index in [9.17, 15) is 4.79 Å². The molecule has 0 saturated carbocycles. The van der Waals surface area contributed by atoms with Crippen molar-refractivity contribution in [1.29, 1.82) is 0 Å². The van der Waals surface area contributed by atoms with Gasteiger partial charge in [-0.2, -0.15) is 4.98 Å². The Labute approximate surface area is 134 Å². The third kappa shape index (κ3) is 3.39. The number of rotatable bonds is 4. The maximum absolute atomic E-state index is 12.8. The van der Waals surface area contributed by atoms with Gasteiger partial charge in [0, 0.05) is 25.5 Å². The molecule has 1 unspecified atom stereocenters. The highest BCUT2D eigenvalue weighted by atomic mass is 16.5. The van der Waals surface area contributed by atoms with Crippen LogP contribution in [0, 0.1) is 6.92 Å². The number of nitrogens with zero attached hydrogens (tertiary/aromatic N) is 4. The number of pyridine rings is 1. The molecule has 1 amide bonds. The van der Waals surface area contributed by atoms with Gasteiger partial charge < -0.3 is 14.2 Å². The Bertz CT molecular complexity index is 668. The largest absolute Gasteiger partial charge is 0.377 e. The van der Waals surface area contributed by atoms with Gasteiger partial charge in [0.15, 0.2) is 5.82 Å². The summed E-state index contributed by atoms with van der Waals surface area (Å²) in [6.45, 7) is 2.87. The zero-order valence-corrected chi connectivity index (χ0v) is 13.4. The van der Waals surface area contributed by atoms with Gasteiger partial charge in [-0.1, -0.05) is 5.16 Å². The Hall–Kier alpha value is -2.28. The van der Waals surface area contributed by atoms with Crippen molar-refractivity contribution in [3.05, 3.63) is 41.3 Å². The van der Waals surface area contributed by atoms with Gasteiger partial charge in [0.1, 0.15) is 12.6 Å². The van der Waals surface area contributed by atoms with Crippen molar-refractivity contribution in [1.82, 2.24) is 20.0 Å². The van der Waals surface area contributed by atoms with Crippen LogP contribution in [0.5, 0.6) is 0 Å². The van der Waals surface area contributed by atoms with Crippen molar-refractivity contribution in [3.8, 4) is 0 Å². The fraction of sp³-hybridized carbons (Fsp3) is 0.500. The van der Waals surface area contributed by atoms with E-state index in [1.165, 1.54) is 0 Å². The van der Waals surface area contributed by atoms with Crippen LogP contribution in [-0.4, -0.2) is 39.6 Å². The topological polar surface area (TPSA) is 81.4 Å². The van der Waals surface area contributed by atoms with E-state index in [1.807, 2.05) is 13.0 Å². The number of carbonyl (C=O) groups excluding carboxylic acids is 1. The molecule has 7 heteroatoms. The van der Waals surface area contributed by atoms with E-state index in [4.69, 9.17) is 9.26 Å². The predicted octanol–water partition coefficient (Wildman–Crippen LogP) is 2.29. The summed E-state index contributed by atoms with van der Waals surface area (Å²) >= 11 is 0. The number of hydrogen-bond acceptors (Lipinski definition) is 6. The maximum atomic E-state index is 12.8. The fourth-order valence-electron chi connectivity index (χ4n) is 2.78. The lowest BCUT2D eigenvalue weighted by molar-refractivity contribution is 0.0561. The van der Waals surface area contributed by atoms with Crippen LogP contribution in [0.25, 0.3) is 0 Å². The number of ether oxygens (including phenoxy) is 1. The Morgan fingerprint density at radius 1 is 1.43 bits per heavy atom. The fourth-order valence-corrected chi connectivity index (χ4v) is 2.78. The van der Waals surface area contributed by atoms with E-state index in [-0.39, 0.29) is 11.9 Å². The minimum absolute atomic E-state index is 0.0475. The van der Waals surface area contributed by atoms with Crippen molar-refractivity contribution in [2.24, 2.45) is 0 Å². The van der Waals surface area contributed by atoms with Crippen LogP contribution in [0.1, 0.15) is 53.1 Å². The molecule has 1 fully saturated rings. The highest BCUT2D eigenvalue weighted by molar-refractivity contribution is 5.94. The molecule has 0 aliphatic carbocycles. The van der Waals surface area contributed by atoms with Crippen LogP contribution in [0.4, 0.5) is 0 Å². The molecule has 1 atom stereocenters. The van der Waals surface area contributed by atoms with Crippen molar-refractivity contribution >= 4 is 5.91 Å². The lowest BCUT2D eigenvalue weighted by Gasteiger charge is -2.33. The van der Waals surface area contributed by atoms with Crippen molar-refractivity contribution in [2.75, 3.05) is 13.7 Å². The minimum Gasteiger partial charge on any atom is -0.377 e. The highest BCUT2D eigenvalue weighted by Gasteiger charge is 2.32. The molecule has 2 aromatic heterocycles. The molecule has 122 valence electrons. The SMILES string of the molecule is COCc1noc(C2CCCCN2C(=O)c2ccc(C)nc2)n1. The molecule has 3 heterocycles. The second kappa shape index (κ2) is 6.87. The van der Waals surface area contributed by atoms with E-state index in [0.717, 1.165) is 25.0 Å².